The van der Waals surface area contributed by atoms with Gasteiger partial charge < -0.3 is 15.1 Å². The maximum absolute atomic E-state index is 3.97. The van der Waals surface area contributed by atoms with Gasteiger partial charge in [0.2, 0.25) is 0 Å². The van der Waals surface area contributed by atoms with Crippen LogP contribution in [0.2, 0.25) is 0 Å². The minimum atomic E-state index is -0.0588. The third kappa shape index (κ3) is 5.60. The van der Waals surface area contributed by atoms with Crippen molar-refractivity contribution in [2.45, 2.75) is 12.2 Å². The molecule has 2 aliphatic heterocycles. The highest BCUT2D eigenvalue weighted by Crippen LogP contribution is 2.53. The molecule has 11 aromatic carbocycles. The maximum Gasteiger partial charge on any atom is 0.130 e. The van der Waals surface area contributed by atoms with Crippen molar-refractivity contribution >= 4 is 82.2 Å². The molecule has 13 rings (SSSR count). The fraction of sp³-hybridized carbons (Fsp3) is 0.0492. The normalized spacial score (nSPS) is 15.7. The number of likely N-dealkylation sites (N-methyl/N-ethyl adjacent to an activating group) is 1. The first kappa shape index (κ1) is 36.5. The summed E-state index contributed by atoms with van der Waals surface area (Å²) < 4.78 is 0. The molecule has 0 saturated heterocycles. The van der Waals surface area contributed by atoms with Crippen LogP contribution < -0.4 is 15.1 Å². The Morgan fingerprint density at radius 3 is 1.55 bits per heavy atom. The Bertz CT molecular complexity index is 3680. The second-order valence-electron chi connectivity index (χ2n) is 17.3. The van der Waals surface area contributed by atoms with Crippen LogP contribution in [0.1, 0.15) is 34.5 Å². The minimum absolute atomic E-state index is 0.0396. The van der Waals surface area contributed by atoms with E-state index >= 15 is 0 Å². The molecule has 0 aromatic heterocycles. The van der Waals surface area contributed by atoms with Gasteiger partial charge >= 0.3 is 0 Å². The van der Waals surface area contributed by atoms with E-state index in [1.165, 1.54) is 104 Å². The fourth-order valence-electron chi connectivity index (χ4n) is 10.9. The zero-order chi connectivity index (χ0) is 42.3. The largest absolute Gasteiger partial charge is 0.363 e. The second kappa shape index (κ2) is 14.5. The Morgan fingerprint density at radius 2 is 0.891 bits per heavy atom. The van der Waals surface area contributed by atoms with E-state index in [2.05, 4.69) is 247 Å². The van der Waals surface area contributed by atoms with Crippen molar-refractivity contribution in [3.8, 4) is 11.1 Å². The number of rotatable bonds is 5. The van der Waals surface area contributed by atoms with Crippen molar-refractivity contribution in [3.63, 3.8) is 0 Å². The molecule has 2 atom stereocenters. The van der Waals surface area contributed by atoms with Gasteiger partial charge in [0.25, 0.3) is 0 Å². The Balaban J connectivity index is 1.07. The highest BCUT2D eigenvalue weighted by Gasteiger charge is 2.34. The third-order valence-electron chi connectivity index (χ3n) is 13.8. The molecule has 3 heteroatoms. The predicted octanol–water partition coefficient (Wildman–Crippen LogP) is 16.0. The molecule has 2 aliphatic rings. The van der Waals surface area contributed by atoms with Crippen LogP contribution in [-0.2, 0) is 0 Å². The van der Waals surface area contributed by atoms with Crippen LogP contribution >= 0.6 is 0 Å². The van der Waals surface area contributed by atoms with Crippen LogP contribution in [0.3, 0.4) is 0 Å². The van der Waals surface area contributed by atoms with E-state index in [4.69, 9.17) is 0 Å². The maximum atomic E-state index is 3.97. The first-order chi connectivity index (χ1) is 31.7. The molecule has 64 heavy (non-hydrogen) atoms. The average molecular weight is 818 g/mol. The van der Waals surface area contributed by atoms with Gasteiger partial charge in [-0.1, -0.05) is 176 Å². The van der Waals surface area contributed by atoms with Crippen LogP contribution in [0, 0.1) is 0 Å². The van der Waals surface area contributed by atoms with Crippen LogP contribution in [0.25, 0.3) is 70.6 Å². The van der Waals surface area contributed by atoms with Gasteiger partial charge in [0.1, 0.15) is 6.17 Å². The smallest absolute Gasteiger partial charge is 0.130 e. The summed E-state index contributed by atoms with van der Waals surface area (Å²) in [6.45, 7) is 0. The lowest BCUT2D eigenvalue weighted by Gasteiger charge is -2.37. The van der Waals surface area contributed by atoms with E-state index in [1.807, 2.05) is 0 Å². The molecule has 2 unspecified atom stereocenters. The molecule has 1 N–H and O–H groups in total. The summed E-state index contributed by atoms with van der Waals surface area (Å²) in [6.07, 6.45) is 2.50. The van der Waals surface area contributed by atoms with Crippen LogP contribution in [0.15, 0.2) is 224 Å². The Hall–Kier alpha value is -8.14. The van der Waals surface area contributed by atoms with Crippen LogP contribution in [0.4, 0.5) is 22.7 Å². The summed E-state index contributed by atoms with van der Waals surface area (Å²) in [5.41, 5.74) is 13.4. The van der Waals surface area contributed by atoms with Gasteiger partial charge in [0.15, 0.2) is 0 Å². The van der Waals surface area contributed by atoms with Crippen molar-refractivity contribution < 1.29 is 0 Å². The van der Waals surface area contributed by atoms with Crippen molar-refractivity contribution in [3.05, 3.63) is 247 Å². The van der Waals surface area contributed by atoms with E-state index < -0.39 is 0 Å². The molecule has 0 aliphatic carbocycles. The Labute approximate surface area is 372 Å². The molecule has 0 bridgehead atoms. The number of nitrogens with one attached hydrogen (secondary N) is 1. The first-order valence-corrected chi connectivity index (χ1v) is 22.3. The van der Waals surface area contributed by atoms with Gasteiger partial charge in [-0.25, -0.2) is 0 Å². The molecule has 0 saturated carbocycles. The summed E-state index contributed by atoms with van der Waals surface area (Å²) >= 11 is 0. The van der Waals surface area contributed by atoms with Crippen molar-refractivity contribution in [2.75, 3.05) is 22.2 Å². The average Bonchev–Trinajstić information content (AvgIpc) is 3.75. The summed E-state index contributed by atoms with van der Waals surface area (Å²) in [7, 11) is 2.29. The van der Waals surface area contributed by atoms with Crippen LogP contribution in [0.5, 0.6) is 0 Å². The lowest BCUT2D eigenvalue weighted by molar-refractivity contribution is 0.805. The van der Waals surface area contributed by atoms with Gasteiger partial charge in [0.05, 0.1) is 23.1 Å². The molecule has 0 fully saturated rings. The fourth-order valence-corrected chi connectivity index (χ4v) is 10.9. The molecular weight excluding hydrogens is 775 g/mol. The summed E-state index contributed by atoms with van der Waals surface area (Å²) in [6, 6.07) is 80.5. The van der Waals surface area contributed by atoms with Crippen molar-refractivity contribution in [1.82, 2.24) is 0 Å². The number of benzene rings is 11. The number of fused-ring (bicyclic) bond motifs is 10. The Morgan fingerprint density at radius 1 is 0.391 bits per heavy atom. The number of para-hydroxylation sites is 1. The molecule has 11 aromatic rings. The van der Waals surface area contributed by atoms with Gasteiger partial charge in [-0.05, 0) is 130 Å². The lowest BCUT2D eigenvalue weighted by Crippen LogP contribution is -2.27. The molecule has 0 amide bonds. The Kier molecular flexibility index (Phi) is 8.26. The van der Waals surface area contributed by atoms with E-state index in [9.17, 15) is 0 Å². The van der Waals surface area contributed by atoms with Gasteiger partial charge in [-0.2, -0.15) is 0 Å². The minimum Gasteiger partial charge on any atom is -0.363 e. The monoisotopic (exact) mass is 817 g/mol. The number of hydrogen-bond donors (Lipinski definition) is 1. The number of anilines is 4. The number of hydrogen-bond acceptors (Lipinski definition) is 3. The lowest BCUT2D eigenvalue weighted by atomic mass is 9.81. The zero-order valence-electron chi connectivity index (χ0n) is 35.4. The standard InChI is InChI=1S/C61H43N3/c1-63-59(42-32-33-58-57(36-42)62-61(39-18-4-2-5-19-39)64(58)43-22-6-3-7-23-43)38-55(53-35-41-21-9-11-25-45(41)47-27-13-15-29-49(47)53)56-37-54(50-30-16-17-31-51(50)60(56)63)52-34-40-20-8-10-24-44(40)46-26-12-14-28-48(46)52/h2-38,59,61-62H,1H3. The quantitative estimate of drug-likeness (QED) is 0.175. The highest BCUT2D eigenvalue weighted by molar-refractivity contribution is 6.20. The summed E-state index contributed by atoms with van der Waals surface area (Å²) in [5, 5.41) is 16.6. The highest BCUT2D eigenvalue weighted by atomic mass is 15.3. The summed E-state index contributed by atoms with van der Waals surface area (Å²) in [4.78, 5) is 4.95. The van der Waals surface area contributed by atoms with Gasteiger partial charge in [0, 0.05) is 23.7 Å². The third-order valence-corrected chi connectivity index (χ3v) is 13.8. The molecular formula is C61H43N3. The second-order valence-corrected chi connectivity index (χ2v) is 17.3. The topological polar surface area (TPSA) is 18.5 Å². The first-order valence-electron chi connectivity index (χ1n) is 22.3. The molecule has 0 radical (unpaired) electrons. The number of nitrogens with zero attached hydrogens (tertiary/aromatic N) is 2. The van der Waals surface area contributed by atoms with E-state index in [0.717, 1.165) is 11.4 Å². The molecule has 302 valence electrons. The SMILES string of the molecule is CN1c2c(cc(-c3cc4ccccc4c4ccccc34)c3ccccc23)C(c2cc3ccccc3c3ccccc23)=CC1c1ccc2c(c1)NC(c1ccccc1)N2c1ccccc1. The van der Waals surface area contributed by atoms with Crippen molar-refractivity contribution in [1.29, 1.82) is 0 Å². The molecule has 2 heterocycles. The molecule has 0 spiro atoms. The van der Waals surface area contributed by atoms with E-state index in [-0.39, 0.29) is 12.2 Å². The van der Waals surface area contributed by atoms with E-state index in [0.29, 0.717) is 0 Å². The summed E-state index contributed by atoms with van der Waals surface area (Å²) in [5.74, 6) is 0. The van der Waals surface area contributed by atoms with E-state index in [1.54, 1.807) is 0 Å². The molecule has 3 nitrogen and oxygen atoms in total. The van der Waals surface area contributed by atoms with Crippen molar-refractivity contribution in [2.24, 2.45) is 0 Å². The predicted molar refractivity (Wildman–Crippen MR) is 272 cm³/mol. The van der Waals surface area contributed by atoms with Gasteiger partial charge in [-0.15, -0.1) is 0 Å². The van der Waals surface area contributed by atoms with Gasteiger partial charge in [-0.3, -0.25) is 0 Å². The zero-order valence-corrected chi connectivity index (χ0v) is 35.4. The van der Waals surface area contributed by atoms with Crippen LogP contribution in [-0.4, -0.2) is 7.05 Å².